The average Bonchev–Trinajstić information content (AvgIpc) is 2.92. The van der Waals surface area contributed by atoms with Gasteiger partial charge in [0.05, 0.1) is 4.90 Å². The summed E-state index contributed by atoms with van der Waals surface area (Å²) in [5, 5.41) is 11.3. The summed E-state index contributed by atoms with van der Waals surface area (Å²) in [4.78, 5) is 12.3. The van der Waals surface area contributed by atoms with Crippen molar-refractivity contribution in [1.82, 2.24) is 10.6 Å². The van der Waals surface area contributed by atoms with Crippen molar-refractivity contribution in [2.45, 2.75) is 24.7 Å². The van der Waals surface area contributed by atoms with Crippen LogP contribution in [0.25, 0.3) is 0 Å². The van der Waals surface area contributed by atoms with Gasteiger partial charge in [0.25, 0.3) is 5.91 Å². The molecule has 1 atom stereocenters. The van der Waals surface area contributed by atoms with Crippen LogP contribution in [0, 0.1) is 12.8 Å². The van der Waals surface area contributed by atoms with Crippen LogP contribution in [0.2, 0.25) is 0 Å². The molecule has 1 saturated heterocycles. The van der Waals surface area contributed by atoms with E-state index in [4.69, 9.17) is 5.14 Å². The van der Waals surface area contributed by atoms with Gasteiger partial charge >= 0.3 is 0 Å². The van der Waals surface area contributed by atoms with Crippen LogP contribution in [-0.2, 0) is 10.0 Å². The number of hydrogen-bond donors (Lipinski definition) is 3. The van der Waals surface area contributed by atoms with Gasteiger partial charge in [0.1, 0.15) is 0 Å². The van der Waals surface area contributed by atoms with Crippen LogP contribution in [0.15, 0.2) is 21.5 Å². The Morgan fingerprint density at radius 2 is 2.23 bits per heavy atom. The fourth-order valence-electron chi connectivity index (χ4n) is 2.63. The number of nitrogens with two attached hydrogens (primary N) is 1. The molecule has 8 heteroatoms. The standard InChI is InChI=1S/C14H20BrN3O3S/c1-9-12(6-11(15)7-13(9)22(16,20)21)14(19)18-5-3-10-2-4-17-8-10/h6-7,10,17H,2-5,8H2,1H3,(H,18,19)(H2,16,20,21). The highest BCUT2D eigenvalue weighted by Gasteiger charge is 2.20. The Hall–Kier alpha value is -0.960. The van der Waals surface area contributed by atoms with E-state index in [-0.39, 0.29) is 10.8 Å². The molecule has 1 unspecified atom stereocenters. The van der Waals surface area contributed by atoms with Gasteiger partial charge in [0.2, 0.25) is 10.0 Å². The quantitative estimate of drug-likeness (QED) is 0.702. The van der Waals surface area contributed by atoms with E-state index >= 15 is 0 Å². The maximum atomic E-state index is 12.3. The van der Waals surface area contributed by atoms with Crippen molar-refractivity contribution in [3.8, 4) is 0 Å². The van der Waals surface area contributed by atoms with E-state index in [1.54, 1.807) is 13.0 Å². The van der Waals surface area contributed by atoms with Gasteiger partial charge in [0, 0.05) is 16.6 Å². The van der Waals surface area contributed by atoms with Crippen molar-refractivity contribution < 1.29 is 13.2 Å². The van der Waals surface area contributed by atoms with Crippen LogP contribution in [0.5, 0.6) is 0 Å². The van der Waals surface area contributed by atoms with Crippen LogP contribution >= 0.6 is 15.9 Å². The van der Waals surface area contributed by atoms with Crippen molar-refractivity contribution >= 4 is 31.9 Å². The van der Waals surface area contributed by atoms with E-state index in [9.17, 15) is 13.2 Å². The maximum Gasteiger partial charge on any atom is 0.251 e. The van der Waals surface area contributed by atoms with Crippen molar-refractivity contribution in [1.29, 1.82) is 0 Å². The van der Waals surface area contributed by atoms with Crippen molar-refractivity contribution in [3.05, 3.63) is 27.7 Å². The van der Waals surface area contributed by atoms with Gasteiger partial charge < -0.3 is 10.6 Å². The van der Waals surface area contributed by atoms with Gasteiger partial charge in [-0.3, -0.25) is 4.79 Å². The molecule has 0 radical (unpaired) electrons. The van der Waals surface area contributed by atoms with Gasteiger partial charge in [-0.05, 0) is 56.5 Å². The summed E-state index contributed by atoms with van der Waals surface area (Å²) in [6, 6.07) is 3.02. The zero-order chi connectivity index (χ0) is 16.3. The highest BCUT2D eigenvalue weighted by atomic mass is 79.9. The fraction of sp³-hybridized carbons (Fsp3) is 0.500. The summed E-state index contributed by atoms with van der Waals surface area (Å²) >= 11 is 3.22. The molecule has 22 heavy (non-hydrogen) atoms. The molecule has 6 nitrogen and oxygen atoms in total. The Labute approximate surface area is 139 Å². The molecule has 1 aromatic rings. The van der Waals surface area contributed by atoms with E-state index in [1.165, 1.54) is 6.07 Å². The molecule has 1 heterocycles. The predicted molar refractivity (Wildman–Crippen MR) is 88.2 cm³/mol. The summed E-state index contributed by atoms with van der Waals surface area (Å²) in [6.07, 6.45) is 2.04. The minimum absolute atomic E-state index is 0.0352. The normalized spacial score (nSPS) is 18.4. The first-order valence-electron chi connectivity index (χ1n) is 7.11. The monoisotopic (exact) mass is 389 g/mol. The zero-order valence-electron chi connectivity index (χ0n) is 12.4. The van der Waals surface area contributed by atoms with Crippen LogP contribution in [0.3, 0.4) is 0 Å². The molecule has 0 aliphatic carbocycles. The lowest BCUT2D eigenvalue weighted by atomic mass is 10.0. The van der Waals surface area contributed by atoms with Gasteiger partial charge in [-0.15, -0.1) is 0 Å². The summed E-state index contributed by atoms with van der Waals surface area (Å²) in [6.45, 7) is 4.17. The van der Waals surface area contributed by atoms with Crippen molar-refractivity contribution in [3.63, 3.8) is 0 Å². The predicted octanol–water partition coefficient (Wildman–Crippen LogP) is 1.13. The van der Waals surface area contributed by atoms with Gasteiger partial charge in [0.15, 0.2) is 0 Å². The zero-order valence-corrected chi connectivity index (χ0v) is 14.8. The van der Waals surface area contributed by atoms with Crippen molar-refractivity contribution in [2.75, 3.05) is 19.6 Å². The lowest BCUT2D eigenvalue weighted by Gasteiger charge is -2.13. The number of hydrogen-bond acceptors (Lipinski definition) is 4. The van der Waals surface area contributed by atoms with Crippen molar-refractivity contribution in [2.24, 2.45) is 11.1 Å². The second kappa shape index (κ2) is 7.08. The number of carbonyl (C=O) groups is 1. The second-order valence-electron chi connectivity index (χ2n) is 5.52. The van der Waals surface area contributed by atoms with E-state index in [0.717, 1.165) is 25.9 Å². The molecule has 1 amide bonds. The lowest BCUT2D eigenvalue weighted by molar-refractivity contribution is 0.0950. The molecule has 4 N–H and O–H groups in total. The number of sulfonamides is 1. The Kier molecular flexibility index (Phi) is 5.60. The highest BCUT2D eigenvalue weighted by Crippen LogP contribution is 2.24. The molecule has 1 aromatic carbocycles. The van der Waals surface area contributed by atoms with E-state index < -0.39 is 10.0 Å². The minimum atomic E-state index is -3.86. The molecule has 0 bridgehead atoms. The number of benzene rings is 1. The van der Waals surface area contributed by atoms with E-state index in [2.05, 4.69) is 26.6 Å². The Morgan fingerprint density at radius 1 is 1.50 bits per heavy atom. The van der Waals surface area contributed by atoms with Crippen LogP contribution < -0.4 is 15.8 Å². The number of rotatable bonds is 5. The summed E-state index contributed by atoms with van der Waals surface area (Å²) < 4.78 is 23.7. The SMILES string of the molecule is Cc1c(C(=O)NCCC2CCNC2)cc(Br)cc1S(N)(=O)=O. The summed E-state index contributed by atoms with van der Waals surface area (Å²) in [7, 11) is -3.86. The fourth-order valence-corrected chi connectivity index (χ4v) is 4.07. The average molecular weight is 390 g/mol. The third kappa shape index (κ3) is 4.28. The number of amides is 1. The van der Waals surface area contributed by atoms with Crippen LogP contribution in [0.1, 0.15) is 28.8 Å². The molecule has 1 fully saturated rings. The molecule has 1 aliphatic heterocycles. The highest BCUT2D eigenvalue weighted by molar-refractivity contribution is 9.10. The first kappa shape index (κ1) is 17.4. The molecule has 0 spiro atoms. The van der Waals surface area contributed by atoms with Gasteiger partial charge in [-0.1, -0.05) is 15.9 Å². The Bertz CT molecular complexity index is 670. The third-order valence-corrected chi connectivity index (χ3v) is 5.37. The van der Waals surface area contributed by atoms with E-state index in [0.29, 0.717) is 28.1 Å². The second-order valence-corrected chi connectivity index (χ2v) is 7.97. The topological polar surface area (TPSA) is 101 Å². The number of carbonyl (C=O) groups excluding carboxylic acids is 1. The van der Waals surface area contributed by atoms with Gasteiger partial charge in [-0.2, -0.15) is 0 Å². The summed E-state index contributed by atoms with van der Waals surface area (Å²) in [5.74, 6) is 0.304. The number of nitrogens with one attached hydrogen (secondary N) is 2. The van der Waals surface area contributed by atoms with Crippen LogP contribution in [-0.4, -0.2) is 34.0 Å². The first-order chi connectivity index (χ1) is 10.3. The molecule has 1 aliphatic rings. The van der Waals surface area contributed by atoms with Crippen LogP contribution in [0.4, 0.5) is 0 Å². The molecular weight excluding hydrogens is 370 g/mol. The number of halogens is 1. The third-order valence-electron chi connectivity index (χ3n) is 3.88. The lowest BCUT2D eigenvalue weighted by Crippen LogP contribution is -2.28. The minimum Gasteiger partial charge on any atom is -0.352 e. The largest absolute Gasteiger partial charge is 0.352 e. The molecule has 122 valence electrons. The smallest absolute Gasteiger partial charge is 0.251 e. The number of primary sulfonamides is 1. The molecule has 0 aromatic heterocycles. The molecule has 2 rings (SSSR count). The molecular formula is C14H20BrN3O3S. The van der Waals surface area contributed by atoms with Gasteiger partial charge in [-0.25, -0.2) is 13.6 Å². The molecule has 0 saturated carbocycles. The summed E-state index contributed by atoms with van der Waals surface area (Å²) in [5.41, 5.74) is 0.689. The maximum absolute atomic E-state index is 12.3. The Balaban J connectivity index is 2.10. The van der Waals surface area contributed by atoms with E-state index in [1.807, 2.05) is 0 Å². The Morgan fingerprint density at radius 3 is 2.82 bits per heavy atom. The first-order valence-corrected chi connectivity index (χ1v) is 9.45.